The molecular formula is C7H12N2O2. The smallest absolute Gasteiger partial charge is 0.0951 e. The Balaban J connectivity index is 2.48. The molecule has 0 amide bonds. The van der Waals surface area contributed by atoms with E-state index in [9.17, 15) is 0 Å². The van der Waals surface area contributed by atoms with E-state index in [2.05, 4.69) is 6.07 Å². The molecule has 3 unspecified atom stereocenters. The molecule has 0 aromatic carbocycles. The van der Waals surface area contributed by atoms with Crippen molar-refractivity contribution in [2.45, 2.75) is 25.2 Å². The molecule has 0 saturated carbocycles. The quantitative estimate of drug-likeness (QED) is 0.507. The van der Waals surface area contributed by atoms with Gasteiger partial charge < -0.3 is 10.2 Å². The molecule has 1 rings (SSSR count). The molecule has 0 aromatic heterocycles. The third-order valence-electron chi connectivity index (χ3n) is 2.02. The Morgan fingerprint density at radius 1 is 1.45 bits per heavy atom. The van der Waals surface area contributed by atoms with Gasteiger partial charge in [0.1, 0.15) is 0 Å². The molecule has 1 heterocycles. The van der Waals surface area contributed by atoms with E-state index < -0.39 is 12.2 Å². The van der Waals surface area contributed by atoms with Gasteiger partial charge >= 0.3 is 0 Å². The van der Waals surface area contributed by atoms with Gasteiger partial charge in [0, 0.05) is 13.1 Å². The summed E-state index contributed by atoms with van der Waals surface area (Å²) < 4.78 is 0. The summed E-state index contributed by atoms with van der Waals surface area (Å²) in [7, 11) is 0. The summed E-state index contributed by atoms with van der Waals surface area (Å²) in [5.74, 6) is 0. The largest absolute Gasteiger partial charge is 0.389 e. The lowest BCUT2D eigenvalue weighted by Gasteiger charge is -2.16. The molecule has 3 atom stereocenters. The fourth-order valence-electron chi connectivity index (χ4n) is 1.20. The molecule has 0 bridgehead atoms. The molecule has 4 heteroatoms. The first kappa shape index (κ1) is 8.47. The number of likely N-dealkylation sites (tertiary alicyclic amines) is 1. The van der Waals surface area contributed by atoms with E-state index >= 15 is 0 Å². The molecular weight excluding hydrogens is 144 g/mol. The molecule has 0 radical (unpaired) electrons. The predicted octanol–water partition coefficient (Wildman–Crippen LogP) is -1.06. The number of hydrogen-bond acceptors (Lipinski definition) is 4. The van der Waals surface area contributed by atoms with Crippen molar-refractivity contribution in [1.29, 1.82) is 5.26 Å². The second kappa shape index (κ2) is 3.18. The SMILES string of the molecule is CC(C#N)N1CC(O)C(O)C1. The Morgan fingerprint density at radius 2 is 1.91 bits per heavy atom. The average Bonchev–Trinajstić information content (AvgIpc) is 2.31. The van der Waals surface area contributed by atoms with Crippen LogP contribution in [0.4, 0.5) is 0 Å². The minimum absolute atomic E-state index is 0.221. The van der Waals surface area contributed by atoms with E-state index in [-0.39, 0.29) is 6.04 Å². The van der Waals surface area contributed by atoms with Crippen LogP contribution in [0, 0.1) is 11.3 Å². The second-order valence-corrected chi connectivity index (χ2v) is 2.89. The average molecular weight is 156 g/mol. The van der Waals surface area contributed by atoms with E-state index in [0.29, 0.717) is 13.1 Å². The zero-order chi connectivity index (χ0) is 8.43. The summed E-state index contributed by atoms with van der Waals surface area (Å²) >= 11 is 0. The Morgan fingerprint density at radius 3 is 2.27 bits per heavy atom. The van der Waals surface area contributed by atoms with Gasteiger partial charge in [-0.25, -0.2) is 0 Å². The molecule has 1 saturated heterocycles. The lowest BCUT2D eigenvalue weighted by molar-refractivity contribution is 0.0572. The van der Waals surface area contributed by atoms with Crippen molar-refractivity contribution < 1.29 is 10.2 Å². The van der Waals surface area contributed by atoms with E-state index in [0.717, 1.165) is 0 Å². The lowest BCUT2D eigenvalue weighted by atomic mass is 10.3. The van der Waals surface area contributed by atoms with Crippen molar-refractivity contribution >= 4 is 0 Å². The zero-order valence-electron chi connectivity index (χ0n) is 6.44. The standard InChI is InChI=1S/C7H12N2O2/c1-5(2-8)9-3-6(10)7(11)4-9/h5-7,10-11H,3-4H2,1H3. The number of rotatable bonds is 1. The van der Waals surface area contributed by atoms with Crippen LogP contribution in [0.25, 0.3) is 0 Å². The predicted molar refractivity (Wildman–Crippen MR) is 38.7 cm³/mol. The van der Waals surface area contributed by atoms with Gasteiger partial charge in [-0.05, 0) is 6.92 Å². The van der Waals surface area contributed by atoms with E-state index in [1.807, 2.05) is 0 Å². The van der Waals surface area contributed by atoms with Crippen molar-refractivity contribution in [3.05, 3.63) is 0 Å². The van der Waals surface area contributed by atoms with Crippen LogP contribution >= 0.6 is 0 Å². The van der Waals surface area contributed by atoms with Crippen LogP contribution in [-0.2, 0) is 0 Å². The summed E-state index contributed by atoms with van der Waals surface area (Å²) in [6.07, 6.45) is -1.38. The van der Waals surface area contributed by atoms with Crippen molar-refractivity contribution in [2.24, 2.45) is 0 Å². The summed E-state index contributed by atoms with van der Waals surface area (Å²) in [5, 5.41) is 26.7. The monoisotopic (exact) mass is 156 g/mol. The first-order chi connectivity index (χ1) is 5.15. The Labute approximate surface area is 65.7 Å². The summed E-state index contributed by atoms with van der Waals surface area (Å²) in [6.45, 7) is 2.55. The Kier molecular flexibility index (Phi) is 2.45. The van der Waals surface area contributed by atoms with Crippen LogP contribution in [0.1, 0.15) is 6.92 Å². The highest BCUT2D eigenvalue weighted by atomic mass is 16.3. The highest BCUT2D eigenvalue weighted by molar-refractivity contribution is 4.94. The number of aliphatic hydroxyl groups excluding tert-OH is 2. The fourth-order valence-corrected chi connectivity index (χ4v) is 1.20. The highest BCUT2D eigenvalue weighted by Gasteiger charge is 2.31. The topological polar surface area (TPSA) is 67.5 Å². The summed E-state index contributed by atoms with van der Waals surface area (Å²) in [4.78, 5) is 1.76. The number of β-amino-alcohol motifs (C(OH)–C–C–N with tert-alkyl or cyclic N) is 2. The van der Waals surface area contributed by atoms with Gasteiger partial charge in [0.05, 0.1) is 24.3 Å². The normalized spacial score (nSPS) is 35.1. The number of hydrogen-bond donors (Lipinski definition) is 2. The highest BCUT2D eigenvalue weighted by Crippen LogP contribution is 2.12. The first-order valence-corrected chi connectivity index (χ1v) is 3.65. The molecule has 0 aromatic rings. The molecule has 2 N–H and O–H groups in total. The number of nitrogens with zero attached hydrogens (tertiary/aromatic N) is 2. The lowest BCUT2D eigenvalue weighted by Crippen LogP contribution is -2.30. The fraction of sp³-hybridized carbons (Fsp3) is 0.857. The molecule has 1 aliphatic rings. The Hall–Kier alpha value is -0.630. The van der Waals surface area contributed by atoms with Crippen molar-refractivity contribution in [3.63, 3.8) is 0 Å². The molecule has 0 spiro atoms. The van der Waals surface area contributed by atoms with Gasteiger partial charge in [-0.15, -0.1) is 0 Å². The molecule has 62 valence electrons. The Bertz CT molecular complexity index is 168. The molecule has 11 heavy (non-hydrogen) atoms. The number of aliphatic hydroxyl groups is 2. The molecule has 0 aliphatic carbocycles. The van der Waals surface area contributed by atoms with Crippen LogP contribution in [0.3, 0.4) is 0 Å². The van der Waals surface area contributed by atoms with Crippen LogP contribution < -0.4 is 0 Å². The number of nitriles is 1. The zero-order valence-corrected chi connectivity index (χ0v) is 6.44. The van der Waals surface area contributed by atoms with Gasteiger partial charge in [0.2, 0.25) is 0 Å². The van der Waals surface area contributed by atoms with Crippen molar-refractivity contribution in [1.82, 2.24) is 4.90 Å². The first-order valence-electron chi connectivity index (χ1n) is 3.65. The van der Waals surface area contributed by atoms with Gasteiger partial charge in [-0.3, -0.25) is 4.90 Å². The maximum atomic E-state index is 9.11. The molecule has 1 aliphatic heterocycles. The summed E-state index contributed by atoms with van der Waals surface area (Å²) in [6, 6.07) is 1.83. The molecule has 4 nitrogen and oxygen atoms in total. The van der Waals surface area contributed by atoms with Crippen LogP contribution in [0.2, 0.25) is 0 Å². The van der Waals surface area contributed by atoms with Crippen molar-refractivity contribution in [3.8, 4) is 6.07 Å². The van der Waals surface area contributed by atoms with Crippen molar-refractivity contribution in [2.75, 3.05) is 13.1 Å². The second-order valence-electron chi connectivity index (χ2n) is 2.89. The molecule has 1 fully saturated rings. The van der Waals surface area contributed by atoms with Crippen LogP contribution in [0.15, 0.2) is 0 Å². The van der Waals surface area contributed by atoms with Gasteiger partial charge in [-0.1, -0.05) is 0 Å². The minimum Gasteiger partial charge on any atom is -0.389 e. The van der Waals surface area contributed by atoms with E-state index in [1.54, 1.807) is 11.8 Å². The van der Waals surface area contributed by atoms with Gasteiger partial charge in [0.25, 0.3) is 0 Å². The third-order valence-corrected chi connectivity index (χ3v) is 2.02. The van der Waals surface area contributed by atoms with Gasteiger partial charge in [-0.2, -0.15) is 5.26 Å². The van der Waals surface area contributed by atoms with Crippen LogP contribution in [0.5, 0.6) is 0 Å². The maximum absolute atomic E-state index is 9.11. The van der Waals surface area contributed by atoms with E-state index in [1.165, 1.54) is 0 Å². The third kappa shape index (κ3) is 1.69. The maximum Gasteiger partial charge on any atom is 0.0951 e. The van der Waals surface area contributed by atoms with Crippen LogP contribution in [-0.4, -0.2) is 46.5 Å². The van der Waals surface area contributed by atoms with E-state index in [4.69, 9.17) is 15.5 Å². The minimum atomic E-state index is -0.689. The summed E-state index contributed by atoms with van der Waals surface area (Å²) in [5.41, 5.74) is 0. The van der Waals surface area contributed by atoms with Gasteiger partial charge in [0.15, 0.2) is 0 Å².